The van der Waals surface area contributed by atoms with E-state index in [0.717, 1.165) is 102 Å². The normalized spacial score (nSPS) is 13.6. The van der Waals surface area contributed by atoms with Crippen LogP contribution in [0.15, 0.2) is 264 Å². The minimum atomic E-state index is -0.810. The molecule has 0 amide bonds. The SMILES string of the molecule is c1ccc(N(c2cccc3c2Cc2ccccc2-3)c2cc3c(c4c2oc2ccccc24)-c2c(cc(N(c4ccccc4)c4cccc5c4Cc4ccccc4-5)c4c2oc2ccccc24)C32c3ccccc3-c3ccccc32)cc1. The molecule has 0 aliphatic heterocycles. The molecule has 0 bridgehead atoms. The van der Waals surface area contributed by atoms with Gasteiger partial charge in [-0.15, -0.1) is 0 Å². The fraction of sp³-hybridized carbons (Fsp3) is 0.0400. The highest BCUT2D eigenvalue weighted by Crippen LogP contribution is 2.68. The van der Waals surface area contributed by atoms with Crippen LogP contribution in [0.5, 0.6) is 0 Å². The summed E-state index contributed by atoms with van der Waals surface area (Å²) < 4.78 is 15.1. The van der Waals surface area contributed by atoms with E-state index in [1.54, 1.807) is 0 Å². The van der Waals surface area contributed by atoms with Gasteiger partial charge in [-0.2, -0.15) is 0 Å². The third kappa shape index (κ3) is 5.67. The maximum atomic E-state index is 7.60. The number of rotatable bonds is 6. The van der Waals surface area contributed by atoms with E-state index in [4.69, 9.17) is 8.83 Å². The van der Waals surface area contributed by atoms with Gasteiger partial charge < -0.3 is 18.6 Å². The molecule has 368 valence electrons. The quantitative estimate of drug-likeness (QED) is 0.166. The van der Waals surface area contributed by atoms with E-state index in [1.807, 2.05) is 0 Å². The standard InChI is InChI=1S/C75H46N2O2/c1-3-23-47(24-4-1)76(63-37-19-33-51-49-27-9-7-21-45(49)41-57(51)63)65-43-62-72(74-69(65)55-31-13-17-39-67(55)79-74)71-61(75(62)59-35-15-11-29-53(59)54-30-12-16-36-60(54)75)44-66(73-70(71)56-32-14-18-40-68(56)78-73)77(48-25-5-2-6-26-48)64-38-20-34-52-50-28-10-8-22-46(50)42-58(52)64/h1-40,43-44H,41-42H2. The summed E-state index contributed by atoms with van der Waals surface area (Å²) in [4.78, 5) is 5.03. The van der Waals surface area contributed by atoms with E-state index < -0.39 is 5.41 Å². The second-order valence-corrected chi connectivity index (χ2v) is 21.7. The Bertz CT molecular complexity index is 4880. The molecule has 4 heteroatoms. The lowest BCUT2D eigenvalue weighted by molar-refractivity contribution is 0.668. The minimum absolute atomic E-state index is 0.810. The average molecular weight is 1010 g/mol. The predicted molar refractivity (Wildman–Crippen MR) is 323 cm³/mol. The zero-order valence-corrected chi connectivity index (χ0v) is 42.9. The predicted octanol–water partition coefficient (Wildman–Crippen LogP) is 19.9. The first-order valence-corrected chi connectivity index (χ1v) is 27.5. The molecule has 12 aromatic carbocycles. The molecule has 2 heterocycles. The van der Waals surface area contributed by atoms with Gasteiger partial charge in [0.25, 0.3) is 0 Å². The van der Waals surface area contributed by atoms with Crippen LogP contribution in [-0.2, 0) is 18.3 Å². The number of hydrogen-bond acceptors (Lipinski definition) is 4. The molecule has 79 heavy (non-hydrogen) atoms. The second-order valence-electron chi connectivity index (χ2n) is 21.7. The van der Waals surface area contributed by atoms with Crippen molar-refractivity contribution in [3.05, 3.63) is 299 Å². The van der Waals surface area contributed by atoms with Crippen LogP contribution in [0.3, 0.4) is 0 Å². The Hall–Kier alpha value is -10.2. The van der Waals surface area contributed by atoms with Crippen LogP contribution >= 0.6 is 0 Å². The zero-order valence-electron chi connectivity index (χ0n) is 42.9. The van der Waals surface area contributed by atoms with Crippen molar-refractivity contribution in [3.8, 4) is 44.5 Å². The molecule has 4 nitrogen and oxygen atoms in total. The van der Waals surface area contributed by atoms with Crippen molar-refractivity contribution in [1.29, 1.82) is 0 Å². The number of para-hydroxylation sites is 4. The molecule has 2 aromatic heterocycles. The molecular weight excluding hydrogens is 961 g/mol. The second kappa shape index (κ2) is 16.0. The lowest BCUT2D eigenvalue weighted by atomic mass is 9.70. The number of nitrogens with zero attached hydrogens (tertiary/aromatic N) is 2. The lowest BCUT2D eigenvalue weighted by Crippen LogP contribution is -2.27. The summed E-state index contributed by atoms with van der Waals surface area (Å²) in [6.45, 7) is 0. The monoisotopic (exact) mass is 1010 g/mol. The van der Waals surface area contributed by atoms with Crippen LogP contribution in [0, 0.1) is 0 Å². The first-order valence-electron chi connectivity index (χ1n) is 27.5. The first kappa shape index (κ1) is 43.0. The number of anilines is 6. The number of furan rings is 2. The average Bonchev–Trinajstić information content (AvgIpc) is 4.52. The van der Waals surface area contributed by atoms with Crippen molar-refractivity contribution in [1.82, 2.24) is 0 Å². The molecule has 14 aromatic rings. The van der Waals surface area contributed by atoms with E-state index in [-0.39, 0.29) is 0 Å². The van der Waals surface area contributed by atoms with Crippen LogP contribution < -0.4 is 9.80 Å². The van der Waals surface area contributed by atoms with Gasteiger partial charge in [-0.25, -0.2) is 0 Å². The van der Waals surface area contributed by atoms with Crippen molar-refractivity contribution in [2.75, 3.05) is 9.80 Å². The summed E-state index contributed by atoms with van der Waals surface area (Å²) in [5, 5.41) is 4.29. The molecular formula is C75H46N2O2. The highest BCUT2D eigenvalue weighted by molar-refractivity contribution is 6.26. The highest BCUT2D eigenvalue weighted by Gasteiger charge is 2.55. The Balaban J connectivity index is 1.02. The molecule has 4 aliphatic carbocycles. The first-order chi connectivity index (χ1) is 39.2. The van der Waals surface area contributed by atoms with Crippen molar-refractivity contribution in [2.24, 2.45) is 0 Å². The minimum Gasteiger partial charge on any atom is -0.455 e. The third-order valence-electron chi connectivity index (χ3n) is 17.9. The van der Waals surface area contributed by atoms with Crippen molar-refractivity contribution in [3.63, 3.8) is 0 Å². The Morgan fingerprint density at radius 3 is 1.32 bits per heavy atom. The highest BCUT2D eigenvalue weighted by atomic mass is 16.3. The van der Waals surface area contributed by atoms with Gasteiger partial charge in [0.2, 0.25) is 0 Å². The molecule has 18 rings (SSSR count). The molecule has 4 aliphatic rings. The van der Waals surface area contributed by atoms with Gasteiger partial charge in [-0.05, 0) is 139 Å². The smallest absolute Gasteiger partial charge is 0.160 e. The van der Waals surface area contributed by atoms with E-state index in [9.17, 15) is 0 Å². The van der Waals surface area contributed by atoms with Gasteiger partial charge in [-0.1, -0.05) is 194 Å². The van der Waals surface area contributed by atoms with Crippen LogP contribution in [0.1, 0.15) is 44.5 Å². The summed E-state index contributed by atoms with van der Waals surface area (Å²) in [6, 6.07) is 94.1. The molecule has 0 saturated carbocycles. The van der Waals surface area contributed by atoms with E-state index in [2.05, 4.69) is 265 Å². The van der Waals surface area contributed by atoms with E-state index in [1.165, 1.54) is 77.9 Å². The number of benzene rings is 12. The Morgan fingerprint density at radius 1 is 0.304 bits per heavy atom. The zero-order chi connectivity index (χ0) is 51.5. The summed E-state index contributed by atoms with van der Waals surface area (Å²) in [6.07, 6.45) is 1.67. The van der Waals surface area contributed by atoms with Crippen molar-refractivity contribution in [2.45, 2.75) is 18.3 Å². The summed E-state index contributed by atoms with van der Waals surface area (Å²) in [5.41, 5.74) is 29.1. The van der Waals surface area contributed by atoms with Crippen LogP contribution in [0.4, 0.5) is 34.1 Å². The maximum absolute atomic E-state index is 7.60. The fourth-order valence-electron chi connectivity index (χ4n) is 14.8. The Kier molecular flexibility index (Phi) is 8.68. The summed E-state index contributed by atoms with van der Waals surface area (Å²) in [7, 11) is 0. The topological polar surface area (TPSA) is 32.8 Å². The van der Waals surface area contributed by atoms with Crippen LogP contribution in [0.25, 0.3) is 88.4 Å². The van der Waals surface area contributed by atoms with Gasteiger partial charge >= 0.3 is 0 Å². The van der Waals surface area contributed by atoms with E-state index >= 15 is 0 Å². The van der Waals surface area contributed by atoms with Crippen molar-refractivity contribution >= 4 is 78.0 Å². The molecule has 0 N–H and O–H groups in total. The van der Waals surface area contributed by atoms with Gasteiger partial charge in [-0.3, -0.25) is 0 Å². The van der Waals surface area contributed by atoms with E-state index in [0.29, 0.717) is 0 Å². The third-order valence-corrected chi connectivity index (χ3v) is 17.9. The van der Waals surface area contributed by atoms with Crippen molar-refractivity contribution < 1.29 is 8.83 Å². The van der Waals surface area contributed by atoms with Crippen LogP contribution in [-0.4, -0.2) is 0 Å². The van der Waals surface area contributed by atoms with Gasteiger partial charge in [0.1, 0.15) is 16.7 Å². The summed E-state index contributed by atoms with van der Waals surface area (Å²) >= 11 is 0. The lowest BCUT2D eigenvalue weighted by Gasteiger charge is -2.34. The maximum Gasteiger partial charge on any atom is 0.160 e. The van der Waals surface area contributed by atoms with Gasteiger partial charge in [0, 0.05) is 51.5 Å². The van der Waals surface area contributed by atoms with Crippen LogP contribution in [0.2, 0.25) is 0 Å². The number of fused-ring (bicyclic) bond motifs is 24. The fourth-order valence-corrected chi connectivity index (χ4v) is 14.8. The van der Waals surface area contributed by atoms with Gasteiger partial charge in [0.05, 0.1) is 33.6 Å². The summed E-state index contributed by atoms with van der Waals surface area (Å²) in [5.74, 6) is 0. The number of hydrogen-bond donors (Lipinski definition) is 0. The molecule has 0 unspecified atom stereocenters. The largest absolute Gasteiger partial charge is 0.455 e. The Labute approximate surface area is 456 Å². The molecule has 0 fully saturated rings. The molecule has 0 radical (unpaired) electrons. The molecule has 1 spiro atoms. The molecule has 0 atom stereocenters. The van der Waals surface area contributed by atoms with Gasteiger partial charge in [0.15, 0.2) is 5.58 Å². The molecule has 0 saturated heterocycles. The Morgan fingerprint density at radius 2 is 0.734 bits per heavy atom.